The summed E-state index contributed by atoms with van der Waals surface area (Å²) in [7, 11) is 0. The summed E-state index contributed by atoms with van der Waals surface area (Å²) in [4.78, 5) is 10.5. The van der Waals surface area contributed by atoms with E-state index in [1.54, 1.807) is 0 Å². The molecule has 0 saturated carbocycles. The Morgan fingerprint density at radius 2 is 1.76 bits per heavy atom. The van der Waals surface area contributed by atoms with Crippen LogP contribution in [0, 0.1) is 0 Å². The van der Waals surface area contributed by atoms with Crippen LogP contribution in [0.15, 0.2) is 48.9 Å². The zero-order valence-electron chi connectivity index (χ0n) is 15.6. The lowest BCUT2D eigenvalue weighted by molar-refractivity contribution is -0.137. The van der Waals surface area contributed by atoms with Crippen molar-refractivity contribution in [3.8, 4) is 23.0 Å². The summed E-state index contributed by atoms with van der Waals surface area (Å²) in [6, 6.07) is 9.18. The molecule has 9 heteroatoms. The number of nitrogens with zero attached hydrogens (tertiary/aromatic N) is 5. The fourth-order valence-corrected chi connectivity index (χ4v) is 3.22. The van der Waals surface area contributed by atoms with Crippen LogP contribution in [0.3, 0.4) is 0 Å². The van der Waals surface area contributed by atoms with Crippen LogP contribution >= 0.6 is 0 Å². The Bertz CT molecular complexity index is 949. The molecular formula is C20H20F3N5O. The highest BCUT2D eigenvalue weighted by Gasteiger charge is 2.31. The molecule has 0 spiro atoms. The topological polar surface area (TPSA) is 56.1 Å². The molecule has 6 nitrogen and oxygen atoms in total. The first-order valence-electron chi connectivity index (χ1n) is 9.40. The van der Waals surface area contributed by atoms with E-state index in [1.165, 1.54) is 23.9 Å². The average molecular weight is 403 g/mol. The highest BCUT2D eigenvalue weighted by Crippen LogP contribution is 2.29. The van der Waals surface area contributed by atoms with E-state index in [0.29, 0.717) is 12.4 Å². The summed E-state index contributed by atoms with van der Waals surface area (Å²) in [5.41, 5.74) is -0.0439. The second kappa shape index (κ2) is 8.20. The van der Waals surface area contributed by atoms with Gasteiger partial charge in [0, 0.05) is 18.3 Å². The molecule has 1 aliphatic rings. The number of rotatable bonds is 6. The fraction of sp³-hybridized carbons (Fsp3) is 0.350. The summed E-state index contributed by atoms with van der Waals surface area (Å²) < 4.78 is 45.6. The summed E-state index contributed by atoms with van der Waals surface area (Å²) in [5.74, 6) is 1.21. The Kier molecular flexibility index (Phi) is 5.48. The largest absolute Gasteiger partial charge is 0.492 e. The summed E-state index contributed by atoms with van der Waals surface area (Å²) >= 11 is 0. The van der Waals surface area contributed by atoms with Crippen LogP contribution in [-0.2, 0) is 6.18 Å². The van der Waals surface area contributed by atoms with Gasteiger partial charge in [0.25, 0.3) is 0 Å². The molecule has 1 saturated heterocycles. The predicted octanol–water partition coefficient (Wildman–Crippen LogP) is 3.82. The lowest BCUT2D eigenvalue weighted by Gasteiger charge is -2.14. The van der Waals surface area contributed by atoms with E-state index in [0.717, 1.165) is 49.3 Å². The third-order valence-corrected chi connectivity index (χ3v) is 4.79. The van der Waals surface area contributed by atoms with E-state index in [9.17, 15) is 13.2 Å². The molecule has 0 aliphatic carbocycles. The van der Waals surface area contributed by atoms with Gasteiger partial charge in [0.2, 0.25) is 0 Å². The molecule has 29 heavy (non-hydrogen) atoms. The molecule has 4 rings (SSSR count). The fourth-order valence-electron chi connectivity index (χ4n) is 3.22. The van der Waals surface area contributed by atoms with Gasteiger partial charge in [0.1, 0.15) is 18.7 Å². The molecule has 0 atom stereocenters. The number of alkyl halides is 3. The summed E-state index contributed by atoms with van der Waals surface area (Å²) in [5, 5.41) is 4.25. The van der Waals surface area contributed by atoms with Crippen LogP contribution in [0.1, 0.15) is 18.4 Å². The number of benzene rings is 1. The number of hydrogen-bond acceptors (Lipinski definition) is 5. The zero-order valence-corrected chi connectivity index (χ0v) is 15.6. The molecule has 2 aromatic heterocycles. The lowest BCUT2D eigenvalue weighted by Crippen LogP contribution is -2.25. The smallest absolute Gasteiger partial charge is 0.416 e. The second-order valence-electron chi connectivity index (χ2n) is 6.83. The maximum atomic E-state index is 12.9. The van der Waals surface area contributed by atoms with Crippen LogP contribution < -0.4 is 4.74 Å². The minimum Gasteiger partial charge on any atom is -0.492 e. The lowest BCUT2D eigenvalue weighted by atomic mass is 10.2. The molecule has 0 N–H and O–H groups in total. The Morgan fingerprint density at radius 1 is 1.00 bits per heavy atom. The van der Waals surface area contributed by atoms with Gasteiger partial charge in [-0.1, -0.05) is 0 Å². The van der Waals surface area contributed by atoms with Crippen molar-refractivity contribution in [3.05, 3.63) is 54.5 Å². The van der Waals surface area contributed by atoms with Crippen molar-refractivity contribution in [1.82, 2.24) is 24.6 Å². The number of pyridine rings is 1. The Hall–Kier alpha value is -2.94. The minimum atomic E-state index is -4.44. The Labute approximate surface area is 166 Å². The molecule has 0 amide bonds. The molecule has 1 aromatic carbocycles. The van der Waals surface area contributed by atoms with Gasteiger partial charge in [-0.15, -0.1) is 5.10 Å². The molecule has 3 heterocycles. The normalized spacial score (nSPS) is 15.0. The number of halogens is 3. The molecule has 0 bridgehead atoms. The van der Waals surface area contributed by atoms with Crippen molar-refractivity contribution in [3.63, 3.8) is 0 Å². The predicted molar refractivity (Wildman–Crippen MR) is 101 cm³/mol. The number of likely N-dealkylation sites (tertiary alicyclic amines) is 1. The van der Waals surface area contributed by atoms with Crippen molar-refractivity contribution >= 4 is 0 Å². The van der Waals surface area contributed by atoms with Gasteiger partial charge in [0.15, 0.2) is 11.6 Å². The maximum absolute atomic E-state index is 12.9. The van der Waals surface area contributed by atoms with Gasteiger partial charge in [-0.05, 0) is 62.3 Å². The van der Waals surface area contributed by atoms with E-state index < -0.39 is 11.7 Å². The minimum absolute atomic E-state index is 0.0560. The van der Waals surface area contributed by atoms with Crippen molar-refractivity contribution in [2.24, 2.45) is 0 Å². The Balaban J connectivity index is 1.41. The highest BCUT2D eigenvalue weighted by molar-refractivity contribution is 5.55. The van der Waals surface area contributed by atoms with E-state index in [2.05, 4.69) is 20.0 Å². The SMILES string of the molecule is FC(F)(F)c1ccnc(-n2cnc(-c3ccc(OCCN4CCCC4)cc3)n2)c1. The maximum Gasteiger partial charge on any atom is 0.416 e. The van der Waals surface area contributed by atoms with Crippen molar-refractivity contribution in [2.75, 3.05) is 26.2 Å². The molecule has 1 fully saturated rings. The van der Waals surface area contributed by atoms with Gasteiger partial charge < -0.3 is 4.74 Å². The monoisotopic (exact) mass is 403 g/mol. The van der Waals surface area contributed by atoms with Crippen LogP contribution in [0.2, 0.25) is 0 Å². The third-order valence-electron chi connectivity index (χ3n) is 4.79. The highest BCUT2D eigenvalue weighted by atomic mass is 19.4. The first-order valence-corrected chi connectivity index (χ1v) is 9.40. The molecular weight excluding hydrogens is 383 g/mol. The number of ether oxygens (including phenoxy) is 1. The van der Waals surface area contributed by atoms with Crippen molar-refractivity contribution < 1.29 is 17.9 Å². The van der Waals surface area contributed by atoms with Crippen LogP contribution in [0.4, 0.5) is 13.2 Å². The van der Waals surface area contributed by atoms with Crippen LogP contribution in [-0.4, -0.2) is 50.9 Å². The number of hydrogen-bond donors (Lipinski definition) is 0. The van der Waals surface area contributed by atoms with Gasteiger partial charge in [-0.3, -0.25) is 4.90 Å². The van der Waals surface area contributed by atoms with E-state index >= 15 is 0 Å². The molecule has 3 aromatic rings. The van der Waals surface area contributed by atoms with Gasteiger partial charge in [0.05, 0.1) is 5.56 Å². The standard InChI is InChI=1S/C20H20F3N5O/c21-20(22,23)16-7-8-24-18(13-16)28-14-25-19(26-28)15-3-5-17(6-4-15)29-12-11-27-9-1-2-10-27/h3-8,13-14H,1-2,9-12H2. The summed E-state index contributed by atoms with van der Waals surface area (Å²) in [6.07, 6.45) is 0.520. The first-order chi connectivity index (χ1) is 14.0. The first kappa shape index (κ1) is 19.4. The number of aromatic nitrogens is 4. The van der Waals surface area contributed by atoms with Crippen LogP contribution in [0.5, 0.6) is 5.75 Å². The van der Waals surface area contributed by atoms with Gasteiger partial charge >= 0.3 is 6.18 Å². The zero-order chi connectivity index (χ0) is 20.3. The van der Waals surface area contributed by atoms with Crippen LogP contribution in [0.25, 0.3) is 17.2 Å². The molecule has 0 unspecified atom stereocenters. The van der Waals surface area contributed by atoms with Gasteiger partial charge in [-0.25, -0.2) is 14.6 Å². The molecule has 1 aliphatic heterocycles. The average Bonchev–Trinajstić information content (AvgIpc) is 3.40. The van der Waals surface area contributed by atoms with Crippen molar-refractivity contribution in [2.45, 2.75) is 19.0 Å². The van der Waals surface area contributed by atoms with Gasteiger partial charge in [-0.2, -0.15) is 13.2 Å². The molecule has 0 radical (unpaired) electrons. The summed E-state index contributed by atoms with van der Waals surface area (Å²) in [6.45, 7) is 3.82. The third kappa shape index (κ3) is 4.73. The van der Waals surface area contributed by atoms with E-state index in [1.807, 2.05) is 24.3 Å². The van der Waals surface area contributed by atoms with E-state index in [-0.39, 0.29) is 5.82 Å². The molecule has 152 valence electrons. The van der Waals surface area contributed by atoms with E-state index in [4.69, 9.17) is 4.74 Å². The Morgan fingerprint density at radius 3 is 2.48 bits per heavy atom. The second-order valence-corrected chi connectivity index (χ2v) is 6.83. The quantitative estimate of drug-likeness (QED) is 0.626. The van der Waals surface area contributed by atoms with Crippen molar-refractivity contribution in [1.29, 1.82) is 0 Å².